The van der Waals surface area contributed by atoms with Crippen molar-refractivity contribution >= 4 is 0 Å². The summed E-state index contributed by atoms with van der Waals surface area (Å²) in [6.07, 6.45) is 5.13. The molecule has 0 aliphatic heterocycles. The highest BCUT2D eigenvalue weighted by Gasteiger charge is 2.46. The van der Waals surface area contributed by atoms with Crippen LogP contribution in [0.4, 0.5) is 0 Å². The number of likely N-dealkylation sites (N-methyl/N-ethyl adjacent to an activating group) is 1. The van der Waals surface area contributed by atoms with Crippen LogP contribution in [-0.4, -0.2) is 19.7 Å². The van der Waals surface area contributed by atoms with Crippen LogP contribution in [0.25, 0.3) is 0 Å². The van der Waals surface area contributed by atoms with Crippen molar-refractivity contribution < 1.29 is 4.74 Å². The first-order valence-corrected chi connectivity index (χ1v) is 6.89. The van der Waals surface area contributed by atoms with Gasteiger partial charge in [-0.05, 0) is 44.5 Å². The molecular formula is C16H25NO. The van der Waals surface area contributed by atoms with Crippen molar-refractivity contribution in [3.8, 4) is 5.75 Å². The Balaban J connectivity index is 2.37. The van der Waals surface area contributed by atoms with Crippen LogP contribution in [0.15, 0.2) is 24.3 Å². The Kier molecular flexibility index (Phi) is 3.67. The summed E-state index contributed by atoms with van der Waals surface area (Å²) < 4.78 is 5.25. The van der Waals surface area contributed by atoms with Gasteiger partial charge in [0.2, 0.25) is 0 Å². The number of rotatable bonds is 3. The summed E-state index contributed by atoms with van der Waals surface area (Å²) in [5.41, 5.74) is 1.80. The van der Waals surface area contributed by atoms with E-state index in [4.69, 9.17) is 4.74 Å². The second-order valence-corrected chi connectivity index (χ2v) is 5.85. The normalized spacial score (nSPS) is 32.2. The number of hydrogen-bond donors (Lipinski definition) is 1. The molecule has 0 spiro atoms. The van der Waals surface area contributed by atoms with Gasteiger partial charge in [-0.3, -0.25) is 0 Å². The molecule has 1 saturated carbocycles. The van der Waals surface area contributed by atoms with Crippen LogP contribution in [0.5, 0.6) is 5.75 Å². The molecule has 0 saturated heterocycles. The SMILES string of the molecule is CNC1(C)CCCCC1(C)c1ccc(OC)cc1. The quantitative estimate of drug-likeness (QED) is 0.882. The molecule has 0 radical (unpaired) electrons. The molecule has 0 aromatic heterocycles. The van der Waals surface area contributed by atoms with Gasteiger partial charge < -0.3 is 10.1 Å². The van der Waals surface area contributed by atoms with Crippen LogP contribution < -0.4 is 10.1 Å². The van der Waals surface area contributed by atoms with Crippen molar-refractivity contribution in [1.82, 2.24) is 5.32 Å². The summed E-state index contributed by atoms with van der Waals surface area (Å²) in [5.74, 6) is 0.935. The monoisotopic (exact) mass is 247 g/mol. The van der Waals surface area contributed by atoms with Gasteiger partial charge in [0.05, 0.1) is 7.11 Å². The van der Waals surface area contributed by atoms with Gasteiger partial charge in [-0.25, -0.2) is 0 Å². The molecular weight excluding hydrogens is 222 g/mol. The van der Waals surface area contributed by atoms with Crippen LogP contribution in [0.2, 0.25) is 0 Å². The van der Waals surface area contributed by atoms with Gasteiger partial charge in [0.25, 0.3) is 0 Å². The van der Waals surface area contributed by atoms with E-state index in [9.17, 15) is 0 Å². The Morgan fingerprint density at radius 3 is 2.22 bits per heavy atom. The molecule has 2 unspecified atom stereocenters. The molecule has 1 fully saturated rings. The van der Waals surface area contributed by atoms with E-state index in [1.807, 2.05) is 0 Å². The Morgan fingerprint density at radius 1 is 1.06 bits per heavy atom. The molecule has 0 bridgehead atoms. The van der Waals surface area contributed by atoms with Crippen LogP contribution in [0.3, 0.4) is 0 Å². The zero-order valence-corrected chi connectivity index (χ0v) is 12.0. The zero-order valence-electron chi connectivity index (χ0n) is 12.0. The lowest BCUT2D eigenvalue weighted by atomic mass is 9.60. The largest absolute Gasteiger partial charge is 0.497 e. The molecule has 2 rings (SSSR count). The maximum absolute atomic E-state index is 5.25. The van der Waals surface area contributed by atoms with Crippen LogP contribution in [0.1, 0.15) is 45.1 Å². The minimum absolute atomic E-state index is 0.180. The average molecular weight is 247 g/mol. The Hall–Kier alpha value is -1.02. The van der Waals surface area contributed by atoms with Gasteiger partial charge >= 0.3 is 0 Å². The Morgan fingerprint density at radius 2 is 1.67 bits per heavy atom. The molecule has 100 valence electrons. The molecule has 2 atom stereocenters. The number of ether oxygens (including phenoxy) is 1. The maximum atomic E-state index is 5.25. The molecule has 18 heavy (non-hydrogen) atoms. The first-order valence-electron chi connectivity index (χ1n) is 6.89. The molecule has 1 aliphatic rings. The Bertz CT molecular complexity index is 400. The maximum Gasteiger partial charge on any atom is 0.118 e. The summed E-state index contributed by atoms with van der Waals surface area (Å²) in [5, 5.41) is 3.57. The van der Waals surface area contributed by atoms with Crippen molar-refractivity contribution in [1.29, 1.82) is 0 Å². The average Bonchev–Trinajstić information content (AvgIpc) is 2.42. The summed E-state index contributed by atoms with van der Waals surface area (Å²) >= 11 is 0. The summed E-state index contributed by atoms with van der Waals surface area (Å²) in [4.78, 5) is 0. The standard InChI is InChI=1S/C16H25NO/c1-15(11-5-6-12-16(15,2)17-3)13-7-9-14(18-4)10-8-13/h7-10,17H,5-6,11-12H2,1-4H3. The lowest BCUT2D eigenvalue weighted by Gasteiger charge is -2.50. The third kappa shape index (κ3) is 2.03. The summed E-state index contributed by atoms with van der Waals surface area (Å²) in [6, 6.07) is 8.59. The van der Waals surface area contributed by atoms with Crippen molar-refractivity contribution in [2.75, 3.05) is 14.2 Å². The van der Waals surface area contributed by atoms with E-state index in [0.29, 0.717) is 0 Å². The minimum atomic E-state index is 0.180. The van der Waals surface area contributed by atoms with Gasteiger partial charge in [0.1, 0.15) is 5.75 Å². The van der Waals surface area contributed by atoms with Crippen LogP contribution in [0, 0.1) is 0 Å². The van der Waals surface area contributed by atoms with Gasteiger partial charge in [0, 0.05) is 11.0 Å². The van der Waals surface area contributed by atoms with Gasteiger partial charge in [0.15, 0.2) is 0 Å². The number of hydrogen-bond acceptors (Lipinski definition) is 2. The topological polar surface area (TPSA) is 21.3 Å². The van der Waals surface area contributed by atoms with E-state index in [2.05, 4.69) is 50.5 Å². The van der Waals surface area contributed by atoms with Crippen LogP contribution in [-0.2, 0) is 5.41 Å². The zero-order chi connectivity index (χ0) is 13.2. The molecule has 1 aromatic rings. The molecule has 2 heteroatoms. The van der Waals surface area contributed by atoms with E-state index in [1.165, 1.54) is 31.2 Å². The molecule has 0 amide bonds. The lowest BCUT2D eigenvalue weighted by Crippen LogP contribution is -2.58. The molecule has 1 aliphatic carbocycles. The third-order valence-electron chi connectivity index (χ3n) is 5.10. The predicted molar refractivity (Wildman–Crippen MR) is 76.3 cm³/mol. The van der Waals surface area contributed by atoms with E-state index < -0.39 is 0 Å². The van der Waals surface area contributed by atoms with E-state index >= 15 is 0 Å². The van der Waals surface area contributed by atoms with Crippen molar-refractivity contribution in [2.45, 2.75) is 50.5 Å². The fourth-order valence-electron chi connectivity index (χ4n) is 3.33. The second-order valence-electron chi connectivity index (χ2n) is 5.85. The summed E-state index contributed by atoms with van der Waals surface area (Å²) in [7, 11) is 3.81. The lowest BCUT2D eigenvalue weighted by molar-refractivity contribution is 0.142. The van der Waals surface area contributed by atoms with Gasteiger partial charge in [-0.15, -0.1) is 0 Å². The number of nitrogens with one attached hydrogen (secondary N) is 1. The first kappa shape index (κ1) is 13.4. The second kappa shape index (κ2) is 4.93. The van der Waals surface area contributed by atoms with Crippen molar-refractivity contribution in [3.05, 3.63) is 29.8 Å². The van der Waals surface area contributed by atoms with Crippen LogP contribution >= 0.6 is 0 Å². The smallest absolute Gasteiger partial charge is 0.118 e. The van der Waals surface area contributed by atoms with E-state index in [1.54, 1.807) is 7.11 Å². The number of benzene rings is 1. The molecule has 1 N–H and O–H groups in total. The van der Waals surface area contributed by atoms with Crippen molar-refractivity contribution in [3.63, 3.8) is 0 Å². The highest BCUT2D eigenvalue weighted by molar-refractivity contribution is 5.35. The van der Waals surface area contributed by atoms with E-state index in [-0.39, 0.29) is 11.0 Å². The summed E-state index contributed by atoms with van der Waals surface area (Å²) in [6.45, 7) is 4.75. The van der Waals surface area contributed by atoms with E-state index in [0.717, 1.165) is 5.75 Å². The predicted octanol–water partition coefficient (Wildman–Crippen LogP) is 3.51. The molecule has 2 nitrogen and oxygen atoms in total. The highest BCUT2D eigenvalue weighted by Crippen LogP contribution is 2.46. The molecule has 0 heterocycles. The third-order valence-corrected chi connectivity index (χ3v) is 5.10. The van der Waals surface area contributed by atoms with Gasteiger partial charge in [-0.2, -0.15) is 0 Å². The van der Waals surface area contributed by atoms with Crippen molar-refractivity contribution in [2.24, 2.45) is 0 Å². The first-order chi connectivity index (χ1) is 8.55. The molecule has 1 aromatic carbocycles. The fraction of sp³-hybridized carbons (Fsp3) is 0.625. The number of methoxy groups -OCH3 is 1. The highest BCUT2D eigenvalue weighted by atomic mass is 16.5. The minimum Gasteiger partial charge on any atom is -0.497 e. The Labute approximate surface area is 111 Å². The van der Waals surface area contributed by atoms with Gasteiger partial charge in [-0.1, -0.05) is 31.9 Å². The fourth-order valence-corrected chi connectivity index (χ4v) is 3.33.